The number of hydrogen-bond donors (Lipinski definition) is 0. The summed E-state index contributed by atoms with van der Waals surface area (Å²) in [6.07, 6.45) is 7.42. The van der Waals surface area contributed by atoms with Crippen LogP contribution in [0, 0.1) is 13.8 Å². The molecular weight excluding hydrogens is 360 g/mol. The first-order valence-electron chi connectivity index (χ1n) is 8.87. The van der Waals surface area contributed by atoms with Crippen molar-refractivity contribution in [3.63, 3.8) is 0 Å². The van der Waals surface area contributed by atoms with Gasteiger partial charge in [-0.15, -0.1) is 11.3 Å². The molecule has 5 rings (SSSR count). The summed E-state index contributed by atoms with van der Waals surface area (Å²) in [5, 5.41) is 5.47. The van der Waals surface area contributed by atoms with Gasteiger partial charge in [0.05, 0.1) is 22.3 Å². The molecule has 4 heterocycles. The fourth-order valence-electron chi connectivity index (χ4n) is 3.28. The van der Waals surface area contributed by atoms with Crippen molar-refractivity contribution >= 4 is 21.6 Å². The summed E-state index contributed by atoms with van der Waals surface area (Å²) in [5.41, 5.74) is 2.86. The van der Waals surface area contributed by atoms with Crippen LogP contribution < -0.4 is 5.56 Å². The van der Waals surface area contributed by atoms with E-state index in [1.807, 2.05) is 30.8 Å². The molecule has 1 saturated carbocycles. The standard InChI is InChI=1S/C19H18N6OS/c1-10-8-20-7-6-13(10)25-17(22-16(23-25)12-4-5-12)15-11(2)14-18(27-15)21-9-24(3)19(14)26/h6-9,12H,4-5H2,1-3H3. The number of fused-ring (bicyclic) bond motifs is 1. The molecule has 27 heavy (non-hydrogen) atoms. The predicted octanol–water partition coefficient (Wildman–Crippen LogP) is 3.13. The highest BCUT2D eigenvalue weighted by Gasteiger charge is 2.31. The summed E-state index contributed by atoms with van der Waals surface area (Å²) >= 11 is 1.50. The van der Waals surface area contributed by atoms with Gasteiger partial charge < -0.3 is 4.57 Å². The Morgan fingerprint density at radius 2 is 2.07 bits per heavy atom. The third-order valence-corrected chi connectivity index (χ3v) is 6.19. The largest absolute Gasteiger partial charge is 0.302 e. The van der Waals surface area contributed by atoms with Gasteiger partial charge in [0.1, 0.15) is 4.83 Å². The predicted molar refractivity (Wildman–Crippen MR) is 104 cm³/mol. The highest BCUT2D eigenvalue weighted by atomic mass is 32.1. The van der Waals surface area contributed by atoms with Crippen molar-refractivity contribution in [2.24, 2.45) is 7.05 Å². The maximum absolute atomic E-state index is 12.6. The molecule has 4 aromatic rings. The second kappa shape index (κ2) is 5.82. The van der Waals surface area contributed by atoms with Crippen molar-refractivity contribution in [3.05, 3.63) is 52.1 Å². The van der Waals surface area contributed by atoms with Gasteiger partial charge >= 0.3 is 0 Å². The molecule has 0 saturated heterocycles. The first-order chi connectivity index (χ1) is 13.0. The zero-order valence-electron chi connectivity index (χ0n) is 15.3. The number of thiophene rings is 1. The number of rotatable bonds is 3. The number of aromatic nitrogens is 6. The fraction of sp³-hybridized carbons (Fsp3) is 0.316. The van der Waals surface area contributed by atoms with Crippen LogP contribution in [0.5, 0.6) is 0 Å². The van der Waals surface area contributed by atoms with Gasteiger partial charge in [-0.05, 0) is 43.9 Å². The lowest BCUT2D eigenvalue weighted by atomic mass is 10.2. The van der Waals surface area contributed by atoms with Gasteiger partial charge in [0.15, 0.2) is 11.6 Å². The molecule has 7 nitrogen and oxygen atoms in total. The van der Waals surface area contributed by atoms with Crippen LogP contribution in [0.15, 0.2) is 29.6 Å². The molecule has 8 heteroatoms. The fourth-order valence-corrected chi connectivity index (χ4v) is 4.40. The minimum Gasteiger partial charge on any atom is -0.302 e. The highest BCUT2D eigenvalue weighted by Crippen LogP contribution is 2.41. The Morgan fingerprint density at radius 1 is 1.26 bits per heavy atom. The maximum Gasteiger partial charge on any atom is 0.262 e. The van der Waals surface area contributed by atoms with Crippen LogP contribution in [0.2, 0.25) is 0 Å². The number of nitrogens with zero attached hydrogens (tertiary/aromatic N) is 6. The Hall–Kier alpha value is -2.87. The summed E-state index contributed by atoms with van der Waals surface area (Å²) in [6.45, 7) is 3.98. The van der Waals surface area contributed by atoms with Crippen molar-refractivity contribution in [2.75, 3.05) is 0 Å². The summed E-state index contributed by atoms with van der Waals surface area (Å²) in [4.78, 5) is 27.8. The molecule has 0 amide bonds. The monoisotopic (exact) mass is 378 g/mol. The molecule has 0 N–H and O–H groups in total. The van der Waals surface area contributed by atoms with Crippen LogP contribution >= 0.6 is 11.3 Å². The zero-order valence-corrected chi connectivity index (χ0v) is 16.1. The van der Waals surface area contributed by atoms with Crippen molar-refractivity contribution in [2.45, 2.75) is 32.6 Å². The maximum atomic E-state index is 12.6. The Bertz CT molecular complexity index is 1250. The Kier molecular flexibility index (Phi) is 3.51. The van der Waals surface area contributed by atoms with E-state index in [2.05, 4.69) is 9.97 Å². The highest BCUT2D eigenvalue weighted by molar-refractivity contribution is 7.22. The molecule has 0 atom stereocenters. The summed E-state index contributed by atoms with van der Waals surface area (Å²) in [6, 6.07) is 1.95. The molecular formula is C19H18N6OS. The summed E-state index contributed by atoms with van der Waals surface area (Å²) < 4.78 is 3.41. The van der Waals surface area contributed by atoms with Gasteiger partial charge in [0, 0.05) is 25.4 Å². The average Bonchev–Trinajstić information content (AvgIpc) is 3.33. The van der Waals surface area contributed by atoms with E-state index >= 15 is 0 Å². The van der Waals surface area contributed by atoms with Crippen molar-refractivity contribution in [3.8, 4) is 16.4 Å². The van der Waals surface area contributed by atoms with E-state index in [1.165, 1.54) is 15.9 Å². The Balaban J connectivity index is 1.80. The molecule has 0 bridgehead atoms. The minimum atomic E-state index is -0.0337. The van der Waals surface area contributed by atoms with E-state index < -0.39 is 0 Å². The van der Waals surface area contributed by atoms with Crippen LogP contribution in [-0.4, -0.2) is 29.3 Å². The van der Waals surface area contributed by atoms with E-state index in [0.717, 1.165) is 51.0 Å². The van der Waals surface area contributed by atoms with Gasteiger partial charge in [-0.1, -0.05) is 0 Å². The lowest BCUT2D eigenvalue weighted by molar-refractivity contribution is 0.832. The van der Waals surface area contributed by atoms with Crippen molar-refractivity contribution in [1.82, 2.24) is 29.3 Å². The minimum absolute atomic E-state index is 0.0337. The van der Waals surface area contributed by atoms with Crippen LogP contribution in [0.3, 0.4) is 0 Å². The van der Waals surface area contributed by atoms with E-state index in [4.69, 9.17) is 10.1 Å². The van der Waals surface area contributed by atoms with E-state index in [-0.39, 0.29) is 5.56 Å². The molecule has 136 valence electrons. The van der Waals surface area contributed by atoms with Crippen molar-refractivity contribution < 1.29 is 0 Å². The lowest BCUT2D eigenvalue weighted by Gasteiger charge is -2.07. The zero-order chi connectivity index (χ0) is 18.7. The molecule has 0 aliphatic heterocycles. The Labute approximate surface area is 159 Å². The molecule has 1 fully saturated rings. The third kappa shape index (κ3) is 2.51. The first-order valence-corrected chi connectivity index (χ1v) is 9.69. The molecule has 1 aliphatic rings. The lowest BCUT2D eigenvalue weighted by Crippen LogP contribution is -2.16. The van der Waals surface area contributed by atoms with Crippen LogP contribution in [0.25, 0.3) is 26.6 Å². The van der Waals surface area contributed by atoms with Gasteiger partial charge in [-0.25, -0.2) is 14.6 Å². The number of pyridine rings is 1. The molecule has 4 aromatic heterocycles. The normalized spacial score (nSPS) is 14.2. The van der Waals surface area contributed by atoms with E-state index in [9.17, 15) is 4.79 Å². The SMILES string of the molecule is Cc1cnccc1-n1nc(C2CC2)nc1-c1sc2ncn(C)c(=O)c2c1C. The quantitative estimate of drug-likeness (QED) is 0.547. The number of aryl methyl sites for hydroxylation is 3. The van der Waals surface area contributed by atoms with Gasteiger partial charge in [0.25, 0.3) is 5.56 Å². The van der Waals surface area contributed by atoms with Gasteiger partial charge in [0.2, 0.25) is 0 Å². The molecule has 0 aromatic carbocycles. The van der Waals surface area contributed by atoms with Crippen LogP contribution in [0.4, 0.5) is 0 Å². The molecule has 0 radical (unpaired) electrons. The van der Waals surface area contributed by atoms with E-state index in [1.54, 1.807) is 19.6 Å². The second-order valence-corrected chi connectivity index (χ2v) is 8.04. The average molecular weight is 378 g/mol. The van der Waals surface area contributed by atoms with Gasteiger partial charge in [-0.2, -0.15) is 5.10 Å². The van der Waals surface area contributed by atoms with Crippen LogP contribution in [-0.2, 0) is 7.05 Å². The number of hydrogen-bond acceptors (Lipinski definition) is 6. The molecule has 1 aliphatic carbocycles. The Morgan fingerprint density at radius 3 is 2.81 bits per heavy atom. The van der Waals surface area contributed by atoms with E-state index in [0.29, 0.717) is 11.3 Å². The van der Waals surface area contributed by atoms with Gasteiger partial charge in [-0.3, -0.25) is 9.78 Å². The summed E-state index contributed by atoms with van der Waals surface area (Å²) in [5.74, 6) is 2.08. The summed E-state index contributed by atoms with van der Waals surface area (Å²) in [7, 11) is 1.72. The first kappa shape index (κ1) is 16.3. The topological polar surface area (TPSA) is 78.5 Å². The van der Waals surface area contributed by atoms with Crippen molar-refractivity contribution in [1.29, 1.82) is 0 Å². The smallest absolute Gasteiger partial charge is 0.262 e. The molecule has 0 spiro atoms. The van der Waals surface area contributed by atoms with Crippen LogP contribution in [0.1, 0.15) is 35.7 Å². The second-order valence-electron chi connectivity index (χ2n) is 7.04. The molecule has 0 unspecified atom stereocenters. The third-order valence-electron chi connectivity index (χ3n) is 5.00.